The molecule has 6 heteroatoms. The minimum Gasteiger partial charge on any atom is -0.419 e. The monoisotopic (exact) mass is 300 g/mol. The zero-order valence-corrected chi connectivity index (χ0v) is 12.4. The number of nitrogens with one attached hydrogen (secondary N) is 2. The molecular weight excluding hydrogens is 280 g/mol. The van der Waals surface area contributed by atoms with Gasteiger partial charge in [0.2, 0.25) is 11.8 Å². The normalized spacial score (nSPS) is 15.5. The quantitative estimate of drug-likeness (QED) is 0.910. The molecule has 116 valence electrons. The van der Waals surface area contributed by atoms with Gasteiger partial charge in [0.05, 0.1) is 6.54 Å². The van der Waals surface area contributed by atoms with E-state index in [0.717, 1.165) is 18.4 Å². The number of hydrogen-bond donors (Lipinski definition) is 2. The van der Waals surface area contributed by atoms with Gasteiger partial charge in [-0.05, 0) is 25.0 Å². The molecule has 0 unspecified atom stereocenters. The third-order valence-electron chi connectivity index (χ3n) is 3.83. The topological polar surface area (TPSA) is 80.1 Å². The Kier molecular flexibility index (Phi) is 4.68. The fraction of sp³-hybridized carbons (Fsp3) is 0.438. The van der Waals surface area contributed by atoms with Crippen molar-refractivity contribution in [1.82, 2.24) is 20.8 Å². The van der Waals surface area contributed by atoms with Crippen LogP contribution in [0, 0.1) is 0 Å². The molecule has 1 aromatic carbocycles. The zero-order valence-electron chi connectivity index (χ0n) is 12.4. The van der Waals surface area contributed by atoms with Crippen molar-refractivity contribution in [3.05, 3.63) is 36.2 Å². The first kappa shape index (κ1) is 14.6. The fourth-order valence-electron chi connectivity index (χ4n) is 2.66. The van der Waals surface area contributed by atoms with Gasteiger partial charge in [0.25, 0.3) is 0 Å². The number of benzene rings is 1. The van der Waals surface area contributed by atoms with Crippen molar-refractivity contribution in [2.24, 2.45) is 0 Å². The van der Waals surface area contributed by atoms with Gasteiger partial charge < -0.3 is 15.1 Å². The van der Waals surface area contributed by atoms with E-state index in [4.69, 9.17) is 4.42 Å². The molecule has 0 radical (unpaired) electrons. The summed E-state index contributed by atoms with van der Waals surface area (Å²) >= 11 is 0. The first-order chi connectivity index (χ1) is 10.8. The Labute approximate surface area is 129 Å². The molecule has 2 N–H and O–H groups in total. The summed E-state index contributed by atoms with van der Waals surface area (Å²) < 4.78 is 5.55. The van der Waals surface area contributed by atoms with E-state index in [2.05, 4.69) is 20.8 Å². The number of rotatable bonds is 4. The van der Waals surface area contributed by atoms with Crippen LogP contribution < -0.4 is 10.6 Å². The lowest BCUT2D eigenvalue weighted by atomic mass is 9.96. The molecule has 0 bridgehead atoms. The van der Waals surface area contributed by atoms with Gasteiger partial charge in [0.15, 0.2) is 0 Å². The Balaban J connectivity index is 1.49. The van der Waals surface area contributed by atoms with Crippen LogP contribution >= 0.6 is 0 Å². The van der Waals surface area contributed by atoms with Crippen LogP contribution in [0.15, 0.2) is 34.7 Å². The lowest BCUT2D eigenvalue weighted by Crippen LogP contribution is -2.42. The molecule has 3 rings (SSSR count). The van der Waals surface area contributed by atoms with Crippen LogP contribution in [-0.2, 0) is 6.54 Å². The van der Waals surface area contributed by atoms with Gasteiger partial charge in [-0.2, -0.15) is 0 Å². The lowest BCUT2D eigenvalue weighted by molar-refractivity contribution is 0.231. The highest BCUT2D eigenvalue weighted by Crippen LogP contribution is 2.18. The van der Waals surface area contributed by atoms with Gasteiger partial charge in [-0.1, -0.05) is 37.5 Å². The number of amides is 2. The van der Waals surface area contributed by atoms with Crippen LogP contribution in [0.4, 0.5) is 4.79 Å². The van der Waals surface area contributed by atoms with Crippen LogP contribution in [0.2, 0.25) is 0 Å². The zero-order chi connectivity index (χ0) is 15.2. The number of hydrogen-bond acceptors (Lipinski definition) is 4. The predicted octanol–water partition coefficient (Wildman–Crippen LogP) is 2.87. The Morgan fingerprint density at radius 3 is 2.68 bits per heavy atom. The summed E-state index contributed by atoms with van der Waals surface area (Å²) in [6.45, 7) is 0.235. The molecule has 0 atom stereocenters. The molecule has 6 nitrogen and oxygen atoms in total. The summed E-state index contributed by atoms with van der Waals surface area (Å²) in [5, 5.41) is 13.7. The summed E-state index contributed by atoms with van der Waals surface area (Å²) in [6, 6.07) is 9.67. The molecule has 1 aliphatic rings. The third kappa shape index (κ3) is 3.84. The summed E-state index contributed by atoms with van der Waals surface area (Å²) in [4.78, 5) is 11.8. The summed E-state index contributed by atoms with van der Waals surface area (Å²) in [7, 11) is 0. The van der Waals surface area contributed by atoms with E-state index in [1.807, 2.05) is 30.3 Å². The first-order valence-corrected chi connectivity index (χ1v) is 7.73. The Hall–Kier alpha value is -2.37. The SMILES string of the molecule is O=C(NCc1nnc(-c2ccccc2)o1)NC1CCCCC1. The molecule has 1 saturated carbocycles. The molecule has 0 spiro atoms. The smallest absolute Gasteiger partial charge is 0.315 e. The summed E-state index contributed by atoms with van der Waals surface area (Å²) in [6.07, 6.45) is 5.77. The highest BCUT2D eigenvalue weighted by atomic mass is 16.4. The maximum Gasteiger partial charge on any atom is 0.315 e. The van der Waals surface area contributed by atoms with Gasteiger partial charge in [0.1, 0.15) is 0 Å². The Bertz CT molecular complexity index is 606. The maximum atomic E-state index is 11.8. The first-order valence-electron chi connectivity index (χ1n) is 7.73. The number of nitrogens with zero attached hydrogens (tertiary/aromatic N) is 2. The second-order valence-corrected chi connectivity index (χ2v) is 5.53. The maximum absolute atomic E-state index is 11.8. The molecule has 2 amide bonds. The van der Waals surface area contributed by atoms with Gasteiger partial charge in [-0.15, -0.1) is 10.2 Å². The fourth-order valence-corrected chi connectivity index (χ4v) is 2.66. The summed E-state index contributed by atoms with van der Waals surface area (Å²) in [5.74, 6) is 0.864. The van der Waals surface area contributed by atoms with Crippen LogP contribution in [0.1, 0.15) is 38.0 Å². The Morgan fingerprint density at radius 1 is 1.14 bits per heavy atom. The molecule has 1 heterocycles. The van der Waals surface area contributed by atoms with Gasteiger partial charge in [0, 0.05) is 11.6 Å². The molecule has 0 aliphatic heterocycles. The number of carbonyl (C=O) groups excluding carboxylic acids is 1. The standard InChI is InChI=1S/C16H20N4O2/c21-16(18-13-9-5-2-6-10-13)17-11-14-19-20-15(22-14)12-7-3-1-4-8-12/h1,3-4,7-8,13H,2,5-6,9-11H2,(H2,17,18,21). The van der Waals surface area contributed by atoms with Gasteiger partial charge in [-0.25, -0.2) is 4.79 Å². The number of aromatic nitrogens is 2. The number of carbonyl (C=O) groups is 1. The highest BCUT2D eigenvalue weighted by molar-refractivity contribution is 5.74. The van der Waals surface area contributed by atoms with Crippen LogP contribution in [0.25, 0.3) is 11.5 Å². The van der Waals surface area contributed by atoms with E-state index in [9.17, 15) is 4.79 Å². The molecule has 0 saturated heterocycles. The van der Waals surface area contributed by atoms with E-state index in [1.165, 1.54) is 19.3 Å². The third-order valence-corrected chi connectivity index (χ3v) is 3.83. The van der Waals surface area contributed by atoms with Crippen LogP contribution in [0.3, 0.4) is 0 Å². The van der Waals surface area contributed by atoms with E-state index in [0.29, 0.717) is 11.8 Å². The van der Waals surface area contributed by atoms with E-state index < -0.39 is 0 Å². The molecule has 1 aromatic heterocycles. The van der Waals surface area contributed by atoms with Crippen LogP contribution in [-0.4, -0.2) is 22.3 Å². The molecule has 1 fully saturated rings. The highest BCUT2D eigenvalue weighted by Gasteiger charge is 2.16. The average Bonchev–Trinajstić information content (AvgIpc) is 3.04. The second kappa shape index (κ2) is 7.06. The number of urea groups is 1. The minimum atomic E-state index is -0.175. The van der Waals surface area contributed by atoms with E-state index in [1.54, 1.807) is 0 Å². The Morgan fingerprint density at radius 2 is 1.91 bits per heavy atom. The van der Waals surface area contributed by atoms with Crippen molar-refractivity contribution in [2.45, 2.75) is 44.7 Å². The van der Waals surface area contributed by atoms with Crippen molar-refractivity contribution in [3.8, 4) is 11.5 Å². The molecular formula is C16H20N4O2. The summed E-state index contributed by atoms with van der Waals surface area (Å²) in [5.41, 5.74) is 0.868. The van der Waals surface area contributed by atoms with Crippen molar-refractivity contribution in [1.29, 1.82) is 0 Å². The minimum absolute atomic E-state index is 0.175. The second-order valence-electron chi connectivity index (χ2n) is 5.53. The average molecular weight is 300 g/mol. The van der Waals surface area contributed by atoms with Gasteiger partial charge >= 0.3 is 6.03 Å². The van der Waals surface area contributed by atoms with Crippen molar-refractivity contribution < 1.29 is 9.21 Å². The predicted molar refractivity (Wildman–Crippen MR) is 82.0 cm³/mol. The van der Waals surface area contributed by atoms with Crippen molar-refractivity contribution in [3.63, 3.8) is 0 Å². The van der Waals surface area contributed by atoms with Gasteiger partial charge in [-0.3, -0.25) is 0 Å². The lowest BCUT2D eigenvalue weighted by Gasteiger charge is -2.22. The van der Waals surface area contributed by atoms with Crippen LogP contribution in [0.5, 0.6) is 0 Å². The largest absolute Gasteiger partial charge is 0.419 e. The molecule has 1 aliphatic carbocycles. The van der Waals surface area contributed by atoms with Crippen molar-refractivity contribution in [2.75, 3.05) is 0 Å². The molecule has 2 aromatic rings. The molecule has 22 heavy (non-hydrogen) atoms. The van der Waals surface area contributed by atoms with E-state index >= 15 is 0 Å². The van der Waals surface area contributed by atoms with E-state index in [-0.39, 0.29) is 18.6 Å². The van der Waals surface area contributed by atoms with Crippen molar-refractivity contribution >= 4 is 6.03 Å².